The molecule has 0 radical (unpaired) electrons. The molecule has 1 N–H and O–H groups in total. The molecule has 1 aliphatic rings. The standard InChI is InChI=1S/C10H14F5NO/c1-5-3-4-7(6(5)2)16-8(17)9(11,12)10(13,14)15/h5-7H,3-4H2,1-2H3,(H,16,17). The molecule has 1 fully saturated rings. The van der Waals surface area contributed by atoms with Crippen LogP contribution in [0.5, 0.6) is 0 Å². The highest BCUT2D eigenvalue weighted by Crippen LogP contribution is 2.37. The minimum atomic E-state index is -5.84. The van der Waals surface area contributed by atoms with Crippen molar-refractivity contribution in [2.45, 2.75) is 44.8 Å². The number of carbonyl (C=O) groups excluding carboxylic acids is 1. The van der Waals surface area contributed by atoms with Crippen molar-refractivity contribution >= 4 is 5.91 Å². The molecule has 0 aromatic carbocycles. The van der Waals surface area contributed by atoms with Crippen molar-refractivity contribution in [3.63, 3.8) is 0 Å². The van der Waals surface area contributed by atoms with Crippen LogP contribution in [0.25, 0.3) is 0 Å². The first kappa shape index (κ1) is 14.2. The molecule has 1 saturated carbocycles. The molecule has 0 spiro atoms. The molecule has 1 rings (SSSR count). The number of carbonyl (C=O) groups is 1. The van der Waals surface area contributed by atoms with E-state index in [9.17, 15) is 26.7 Å². The maximum atomic E-state index is 12.7. The summed E-state index contributed by atoms with van der Waals surface area (Å²) in [6.07, 6.45) is -4.70. The maximum Gasteiger partial charge on any atom is 0.463 e. The van der Waals surface area contributed by atoms with Gasteiger partial charge < -0.3 is 5.32 Å². The van der Waals surface area contributed by atoms with Gasteiger partial charge in [-0.1, -0.05) is 13.8 Å². The van der Waals surface area contributed by atoms with E-state index in [4.69, 9.17) is 0 Å². The molecule has 0 saturated heterocycles. The second-order valence-electron chi connectivity index (χ2n) is 4.57. The smallest absolute Gasteiger partial charge is 0.348 e. The number of alkyl halides is 5. The molecule has 7 heteroatoms. The molecule has 1 amide bonds. The summed E-state index contributed by atoms with van der Waals surface area (Å²) in [5.74, 6) is -7.46. The predicted octanol–water partition coefficient (Wildman–Crippen LogP) is 2.73. The van der Waals surface area contributed by atoms with E-state index in [1.807, 2.05) is 6.92 Å². The third-order valence-corrected chi connectivity index (χ3v) is 3.42. The monoisotopic (exact) mass is 259 g/mol. The SMILES string of the molecule is CC1CCC(NC(=O)C(F)(F)C(F)(F)F)C1C. The molecule has 2 nitrogen and oxygen atoms in total. The zero-order valence-corrected chi connectivity index (χ0v) is 9.44. The van der Waals surface area contributed by atoms with Crippen LogP contribution in [0.2, 0.25) is 0 Å². The highest BCUT2D eigenvalue weighted by molar-refractivity contribution is 5.84. The first-order valence-corrected chi connectivity index (χ1v) is 5.33. The van der Waals surface area contributed by atoms with Crippen molar-refractivity contribution in [1.82, 2.24) is 5.32 Å². The lowest BCUT2D eigenvalue weighted by molar-refractivity contribution is -0.270. The van der Waals surface area contributed by atoms with Crippen molar-refractivity contribution in [1.29, 1.82) is 0 Å². The Morgan fingerprint density at radius 2 is 1.65 bits per heavy atom. The van der Waals surface area contributed by atoms with E-state index >= 15 is 0 Å². The highest BCUT2D eigenvalue weighted by atomic mass is 19.4. The molecule has 17 heavy (non-hydrogen) atoms. The van der Waals surface area contributed by atoms with E-state index in [1.165, 1.54) is 0 Å². The van der Waals surface area contributed by atoms with E-state index in [2.05, 4.69) is 0 Å². The Morgan fingerprint density at radius 1 is 1.12 bits per heavy atom. The topological polar surface area (TPSA) is 29.1 Å². The van der Waals surface area contributed by atoms with Crippen LogP contribution in [0.4, 0.5) is 22.0 Å². The van der Waals surface area contributed by atoms with Gasteiger partial charge in [0, 0.05) is 6.04 Å². The van der Waals surface area contributed by atoms with Crippen LogP contribution in [0.1, 0.15) is 26.7 Å². The normalized spacial score (nSPS) is 30.4. The Bertz CT molecular complexity index is 302. The van der Waals surface area contributed by atoms with Gasteiger partial charge in [0.1, 0.15) is 0 Å². The predicted molar refractivity (Wildman–Crippen MR) is 50.5 cm³/mol. The van der Waals surface area contributed by atoms with Crippen LogP contribution in [0.3, 0.4) is 0 Å². The largest absolute Gasteiger partial charge is 0.463 e. The molecule has 1 aliphatic carbocycles. The van der Waals surface area contributed by atoms with Crippen molar-refractivity contribution in [2.75, 3.05) is 0 Å². The summed E-state index contributed by atoms with van der Waals surface area (Å²) >= 11 is 0. The summed E-state index contributed by atoms with van der Waals surface area (Å²) < 4.78 is 61.1. The number of hydrogen-bond donors (Lipinski definition) is 1. The van der Waals surface area contributed by atoms with Crippen LogP contribution in [-0.4, -0.2) is 24.0 Å². The Labute approximate surface area is 95.6 Å². The van der Waals surface area contributed by atoms with Crippen LogP contribution in [0, 0.1) is 11.8 Å². The minimum Gasteiger partial charge on any atom is -0.348 e. The molecule has 3 unspecified atom stereocenters. The van der Waals surface area contributed by atoms with E-state index in [0.29, 0.717) is 12.8 Å². The quantitative estimate of drug-likeness (QED) is 0.759. The first-order chi connectivity index (χ1) is 7.57. The fourth-order valence-electron chi connectivity index (χ4n) is 1.96. The highest BCUT2D eigenvalue weighted by Gasteiger charge is 2.63. The number of hydrogen-bond acceptors (Lipinski definition) is 1. The van der Waals surface area contributed by atoms with Gasteiger partial charge in [-0.05, 0) is 24.7 Å². The number of amides is 1. The Hall–Kier alpha value is -0.880. The van der Waals surface area contributed by atoms with Gasteiger partial charge in [0.15, 0.2) is 0 Å². The third-order valence-electron chi connectivity index (χ3n) is 3.42. The van der Waals surface area contributed by atoms with Crippen molar-refractivity contribution in [3.8, 4) is 0 Å². The Balaban J connectivity index is 2.67. The van der Waals surface area contributed by atoms with E-state index in [1.54, 1.807) is 12.2 Å². The third kappa shape index (κ3) is 2.69. The molecular weight excluding hydrogens is 245 g/mol. The van der Waals surface area contributed by atoms with Gasteiger partial charge in [-0.3, -0.25) is 4.79 Å². The molecule has 0 aromatic heterocycles. The maximum absolute atomic E-state index is 12.7. The lowest BCUT2D eigenvalue weighted by Crippen LogP contribution is -2.53. The number of nitrogens with one attached hydrogen (secondary N) is 1. The van der Waals surface area contributed by atoms with Crippen LogP contribution < -0.4 is 5.32 Å². The van der Waals surface area contributed by atoms with Crippen LogP contribution in [-0.2, 0) is 4.79 Å². The number of rotatable bonds is 2. The second-order valence-corrected chi connectivity index (χ2v) is 4.57. The average molecular weight is 259 g/mol. The first-order valence-electron chi connectivity index (χ1n) is 5.33. The molecule has 0 aromatic rings. The zero-order valence-electron chi connectivity index (χ0n) is 9.44. The van der Waals surface area contributed by atoms with Gasteiger partial charge in [-0.25, -0.2) is 0 Å². The minimum absolute atomic E-state index is 0.0945. The van der Waals surface area contributed by atoms with E-state index in [0.717, 1.165) is 0 Å². The van der Waals surface area contributed by atoms with Gasteiger partial charge in [0.05, 0.1) is 0 Å². The summed E-state index contributed by atoms with van der Waals surface area (Å²) in [5.41, 5.74) is 0. The molecule has 100 valence electrons. The molecular formula is C10H14F5NO. The van der Waals surface area contributed by atoms with Crippen LogP contribution >= 0.6 is 0 Å². The van der Waals surface area contributed by atoms with Gasteiger partial charge in [-0.2, -0.15) is 22.0 Å². The fraction of sp³-hybridized carbons (Fsp3) is 0.900. The Kier molecular flexibility index (Phi) is 3.69. The summed E-state index contributed by atoms with van der Waals surface area (Å²) in [6.45, 7) is 3.60. The molecule has 0 aliphatic heterocycles. The lowest BCUT2D eigenvalue weighted by Gasteiger charge is -2.24. The van der Waals surface area contributed by atoms with E-state index < -0.39 is 24.0 Å². The van der Waals surface area contributed by atoms with Crippen molar-refractivity contribution < 1.29 is 26.7 Å². The van der Waals surface area contributed by atoms with Crippen molar-refractivity contribution in [3.05, 3.63) is 0 Å². The molecule has 0 heterocycles. The van der Waals surface area contributed by atoms with Gasteiger partial charge in [0.25, 0.3) is 0 Å². The van der Waals surface area contributed by atoms with E-state index in [-0.39, 0.29) is 11.8 Å². The van der Waals surface area contributed by atoms with Gasteiger partial charge in [-0.15, -0.1) is 0 Å². The molecule has 3 atom stereocenters. The van der Waals surface area contributed by atoms with Gasteiger partial charge in [0.2, 0.25) is 0 Å². The fourth-order valence-corrected chi connectivity index (χ4v) is 1.96. The Morgan fingerprint density at radius 3 is 2.00 bits per heavy atom. The van der Waals surface area contributed by atoms with Crippen molar-refractivity contribution in [2.24, 2.45) is 11.8 Å². The number of halogens is 5. The zero-order chi connectivity index (χ0) is 13.4. The summed E-state index contributed by atoms with van der Waals surface area (Å²) in [5, 5.41) is 1.80. The summed E-state index contributed by atoms with van der Waals surface area (Å²) in [7, 11) is 0. The van der Waals surface area contributed by atoms with Gasteiger partial charge >= 0.3 is 18.0 Å². The lowest BCUT2D eigenvalue weighted by atomic mass is 9.97. The average Bonchev–Trinajstić information content (AvgIpc) is 2.47. The molecule has 0 bridgehead atoms. The summed E-state index contributed by atoms with van der Waals surface area (Å²) in [6, 6.07) is -0.606. The van der Waals surface area contributed by atoms with Crippen LogP contribution in [0.15, 0.2) is 0 Å². The summed E-state index contributed by atoms with van der Waals surface area (Å²) in [4.78, 5) is 10.9. The second kappa shape index (κ2) is 4.42.